The molecule has 1 rings (SSSR count). The summed E-state index contributed by atoms with van der Waals surface area (Å²) in [5.74, 6) is 3.76. The maximum Gasteiger partial charge on any atom is 0.277 e. The highest BCUT2D eigenvalue weighted by molar-refractivity contribution is 9.10. The normalized spacial score (nSPS) is 9.80. The number of nitrogens with two attached hydrogens (primary N) is 2. The van der Waals surface area contributed by atoms with Gasteiger partial charge in [-0.15, -0.1) is 0 Å². The molecule has 15 heavy (non-hydrogen) atoms. The molecule has 0 aliphatic carbocycles. The second kappa shape index (κ2) is 4.65. The van der Waals surface area contributed by atoms with Gasteiger partial charge in [-0.3, -0.25) is 4.79 Å². The van der Waals surface area contributed by atoms with E-state index in [0.29, 0.717) is 9.48 Å². The second-order valence-corrected chi connectivity index (χ2v) is 3.97. The molecule has 4 nitrogen and oxygen atoms in total. The molecule has 4 N–H and O–H groups in total. The van der Waals surface area contributed by atoms with Gasteiger partial charge in [0, 0.05) is 4.47 Å². The lowest BCUT2D eigenvalue weighted by Gasteiger charge is -2.14. The number of hydrogen-bond donors (Lipinski definition) is 2. The molecule has 0 heterocycles. The van der Waals surface area contributed by atoms with E-state index >= 15 is 0 Å². The average Bonchev–Trinajstić information content (AvgIpc) is 2.15. The van der Waals surface area contributed by atoms with Crippen molar-refractivity contribution >= 4 is 39.2 Å². The number of carbonyl (C=O) groups is 1. The van der Waals surface area contributed by atoms with Crippen molar-refractivity contribution in [3.63, 3.8) is 0 Å². The summed E-state index contributed by atoms with van der Waals surface area (Å²) in [5, 5.41) is 0.198. The Morgan fingerprint density at radius 3 is 2.60 bits per heavy atom. The van der Waals surface area contributed by atoms with Crippen molar-refractivity contribution in [1.82, 2.24) is 5.01 Å². The Morgan fingerprint density at radius 1 is 1.53 bits per heavy atom. The molecular weight excluding hydrogens is 285 g/mol. The molecule has 0 radical (unpaired) electrons. The summed E-state index contributed by atoms with van der Waals surface area (Å²) < 4.78 is 13.8. The topological polar surface area (TPSA) is 72.3 Å². The first-order chi connectivity index (χ1) is 6.93. The van der Waals surface area contributed by atoms with E-state index in [1.165, 1.54) is 12.1 Å². The average molecular weight is 292 g/mol. The van der Waals surface area contributed by atoms with Gasteiger partial charge in [0.05, 0.1) is 5.56 Å². The SMILES string of the molecule is NC(=S)N(N)C(=O)c1ccc(Br)cc1F. The molecule has 7 heteroatoms. The number of amides is 1. The number of hydrazine groups is 1. The molecule has 0 saturated heterocycles. The maximum absolute atomic E-state index is 13.3. The molecule has 0 aliphatic rings. The van der Waals surface area contributed by atoms with Crippen molar-refractivity contribution < 1.29 is 9.18 Å². The van der Waals surface area contributed by atoms with Crippen molar-refractivity contribution in [2.24, 2.45) is 11.6 Å². The molecule has 0 aromatic heterocycles. The van der Waals surface area contributed by atoms with Crippen LogP contribution in [0.25, 0.3) is 0 Å². The Hall–Kier alpha value is -1.05. The van der Waals surface area contributed by atoms with Gasteiger partial charge in [-0.1, -0.05) is 15.9 Å². The number of rotatable bonds is 1. The van der Waals surface area contributed by atoms with Gasteiger partial charge >= 0.3 is 0 Å². The van der Waals surface area contributed by atoms with Crippen LogP contribution in [0.15, 0.2) is 22.7 Å². The van der Waals surface area contributed by atoms with Crippen LogP contribution in [0, 0.1) is 5.82 Å². The molecule has 1 amide bonds. The molecule has 0 saturated carbocycles. The van der Waals surface area contributed by atoms with Crippen LogP contribution in [0.4, 0.5) is 4.39 Å². The lowest BCUT2D eigenvalue weighted by atomic mass is 10.2. The zero-order valence-corrected chi connectivity index (χ0v) is 9.81. The molecule has 0 bridgehead atoms. The van der Waals surface area contributed by atoms with Crippen molar-refractivity contribution in [2.45, 2.75) is 0 Å². The van der Waals surface area contributed by atoms with Crippen LogP contribution in [-0.4, -0.2) is 16.0 Å². The highest BCUT2D eigenvalue weighted by Gasteiger charge is 2.18. The van der Waals surface area contributed by atoms with E-state index in [4.69, 9.17) is 11.6 Å². The van der Waals surface area contributed by atoms with E-state index in [9.17, 15) is 9.18 Å². The standard InChI is InChI=1S/C8H7BrFN3OS/c9-4-1-2-5(6(10)3-4)7(14)13(12)8(11)15/h1-3H,12H2,(H2,11,15). The minimum Gasteiger partial charge on any atom is -0.375 e. The first kappa shape index (κ1) is 12.0. The first-order valence-electron chi connectivity index (χ1n) is 3.77. The summed E-state index contributed by atoms with van der Waals surface area (Å²) in [7, 11) is 0. The largest absolute Gasteiger partial charge is 0.375 e. The van der Waals surface area contributed by atoms with Gasteiger partial charge < -0.3 is 5.73 Å². The van der Waals surface area contributed by atoms with E-state index in [1.807, 2.05) is 0 Å². The number of halogens is 2. The zero-order valence-electron chi connectivity index (χ0n) is 7.41. The van der Waals surface area contributed by atoms with Crippen LogP contribution >= 0.6 is 28.1 Å². The van der Waals surface area contributed by atoms with Gasteiger partial charge in [-0.2, -0.15) is 0 Å². The van der Waals surface area contributed by atoms with E-state index < -0.39 is 11.7 Å². The number of hydrogen-bond acceptors (Lipinski definition) is 3. The zero-order chi connectivity index (χ0) is 11.6. The fourth-order valence-corrected chi connectivity index (χ4v) is 1.31. The molecule has 0 spiro atoms. The van der Waals surface area contributed by atoms with Crippen LogP contribution in [0.3, 0.4) is 0 Å². The van der Waals surface area contributed by atoms with Gasteiger partial charge in [0.15, 0.2) is 5.11 Å². The van der Waals surface area contributed by atoms with E-state index in [1.54, 1.807) is 0 Å². The minimum absolute atomic E-state index is 0.187. The van der Waals surface area contributed by atoms with Crippen molar-refractivity contribution in [3.05, 3.63) is 34.1 Å². The maximum atomic E-state index is 13.3. The van der Waals surface area contributed by atoms with E-state index in [2.05, 4.69) is 28.1 Å². The van der Waals surface area contributed by atoms with Gasteiger partial charge in [-0.25, -0.2) is 15.2 Å². The third-order valence-electron chi connectivity index (χ3n) is 1.62. The Morgan fingerprint density at radius 2 is 2.13 bits per heavy atom. The lowest BCUT2D eigenvalue weighted by Crippen LogP contribution is -2.45. The van der Waals surface area contributed by atoms with E-state index in [-0.39, 0.29) is 10.7 Å². The van der Waals surface area contributed by atoms with Crippen molar-refractivity contribution in [3.8, 4) is 0 Å². The molecule has 0 unspecified atom stereocenters. The summed E-state index contributed by atoms with van der Waals surface area (Å²) in [4.78, 5) is 11.5. The number of nitrogens with zero attached hydrogens (tertiary/aromatic N) is 1. The summed E-state index contributed by atoms with van der Waals surface area (Å²) in [5.41, 5.74) is 4.95. The van der Waals surface area contributed by atoms with Gasteiger partial charge in [0.2, 0.25) is 0 Å². The van der Waals surface area contributed by atoms with Crippen molar-refractivity contribution in [2.75, 3.05) is 0 Å². The highest BCUT2D eigenvalue weighted by atomic mass is 79.9. The molecule has 1 aromatic carbocycles. The van der Waals surface area contributed by atoms with Gasteiger partial charge in [0.25, 0.3) is 5.91 Å². The molecule has 1 aromatic rings. The van der Waals surface area contributed by atoms with Crippen LogP contribution in [0.1, 0.15) is 10.4 Å². The monoisotopic (exact) mass is 291 g/mol. The fraction of sp³-hybridized carbons (Fsp3) is 0. The van der Waals surface area contributed by atoms with Gasteiger partial charge in [0.1, 0.15) is 5.82 Å². The fourth-order valence-electron chi connectivity index (χ4n) is 0.893. The third-order valence-corrected chi connectivity index (χ3v) is 2.31. The van der Waals surface area contributed by atoms with Crippen LogP contribution in [-0.2, 0) is 0 Å². The summed E-state index contributed by atoms with van der Waals surface area (Å²) in [6, 6.07) is 3.96. The van der Waals surface area contributed by atoms with Crippen LogP contribution in [0.5, 0.6) is 0 Å². The predicted octanol–water partition coefficient (Wildman–Crippen LogP) is 1.15. The van der Waals surface area contributed by atoms with Crippen LogP contribution < -0.4 is 11.6 Å². The smallest absolute Gasteiger partial charge is 0.277 e. The minimum atomic E-state index is -0.785. The lowest BCUT2D eigenvalue weighted by molar-refractivity contribution is 0.0844. The molecule has 80 valence electrons. The second-order valence-electron chi connectivity index (χ2n) is 2.64. The number of carbonyl (C=O) groups excluding carboxylic acids is 1. The summed E-state index contributed by atoms with van der Waals surface area (Å²) in [6.07, 6.45) is 0. The molecule has 0 fully saturated rings. The summed E-state index contributed by atoms with van der Waals surface area (Å²) in [6.45, 7) is 0. The van der Waals surface area contributed by atoms with Crippen LogP contribution in [0.2, 0.25) is 0 Å². The molecule has 0 aliphatic heterocycles. The highest BCUT2D eigenvalue weighted by Crippen LogP contribution is 2.16. The van der Waals surface area contributed by atoms with E-state index in [0.717, 1.165) is 6.07 Å². The first-order valence-corrected chi connectivity index (χ1v) is 4.97. The van der Waals surface area contributed by atoms with Gasteiger partial charge in [-0.05, 0) is 30.4 Å². The summed E-state index contributed by atoms with van der Waals surface area (Å²) >= 11 is 7.55. The molecular formula is C8H7BrFN3OS. The third kappa shape index (κ3) is 2.71. The quantitative estimate of drug-likeness (QED) is 0.352. The molecule has 0 atom stereocenters. The Bertz CT molecular complexity index is 426. The Balaban J connectivity index is 3.07. The Labute approximate surface area is 99.1 Å². The van der Waals surface area contributed by atoms with Crippen molar-refractivity contribution in [1.29, 1.82) is 0 Å². The number of thiocarbonyl (C=S) groups is 1. The predicted molar refractivity (Wildman–Crippen MR) is 61.2 cm³/mol. The number of benzene rings is 1. The Kier molecular flexibility index (Phi) is 3.72.